The molecule has 0 saturated carbocycles. The van der Waals surface area contributed by atoms with Gasteiger partial charge in [0.15, 0.2) is 6.29 Å². The maximum Gasteiger partial charge on any atom is 0.254 e. The van der Waals surface area contributed by atoms with E-state index in [-0.39, 0.29) is 23.1 Å². The normalized spacial score (nSPS) is 45.7. The van der Waals surface area contributed by atoms with Gasteiger partial charge in [-0.05, 0) is 6.42 Å². The molecule has 0 aromatic heterocycles. The Labute approximate surface area is 166 Å². The van der Waals surface area contributed by atoms with Gasteiger partial charge in [0.1, 0.15) is 24.4 Å². The van der Waals surface area contributed by atoms with Crippen molar-refractivity contribution in [3.8, 4) is 0 Å². The number of amides is 1. The Morgan fingerprint density at radius 3 is 2.79 bits per heavy atom. The summed E-state index contributed by atoms with van der Waals surface area (Å²) in [4.78, 5) is 14.6. The molecule has 0 radical (unpaired) electrons. The van der Waals surface area contributed by atoms with Crippen LogP contribution in [0.4, 0.5) is 0 Å². The average molecular weight is 415 g/mol. The molecule has 0 unspecified atom stereocenters. The highest BCUT2D eigenvalue weighted by molar-refractivity contribution is 8.00. The number of rotatable bonds is 4. The summed E-state index contributed by atoms with van der Waals surface area (Å²) >= 11 is 1.75. The van der Waals surface area contributed by atoms with Gasteiger partial charge in [-0.2, -0.15) is 0 Å². The number of ether oxygens (including phenoxy) is 3. The largest absolute Gasteiger partial charge is 0.471 e. The highest BCUT2D eigenvalue weighted by atomic mass is 32.2. The third-order valence-corrected chi connectivity index (χ3v) is 7.10. The van der Waals surface area contributed by atoms with Crippen molar-refractivity contribution in [3.63, 3.8) is 0 Å². The molecule has 3 saturated heterocycles. The van der Waals surface area contributed by atoms with Crippen LogP contribution < -0.4 is 0 Å². The van der Waals surface area contributed by atoms with E-state index in [1.54, 1.807) is 17.8 Å². The van der Waals surface area contributed by atoms with Crippen molar-refractivity contribution in [1.29, 1.82) is 0 Å². The summed E-state index contributed by atoms with van der Waals surface area (Å²) in [6, 6.07) is 0. The fourth-order valence-electron chi connectivity index (χ4n) is 4.25. The van der Waals surface area contributed by atoms with Crippen molar-refractivity contribution >= 4 is 17.7 Å². The number of hydrogen-bond donors (Lipinski definition) is 4. The highest BCUT2D eigenvalue weighted by Gasteiger charge is 2.50. The van der Waals surface area contributed by atoms with Crippen LogP contribution in [0.1, 0.15) is 6.42 Å². The Balaban J connectivity index is 1.52. The van der Waals surface area contributed by atoms with Crippen LogP contribution in [0.15, 0.2) is 24.5 Å². The van der Waals surface area contributed by atoms with Crippen LogP contribution in [0.25, 0.3) is 0 Å². The minimum absolute atomic E-state index is 0.0376. The first-order valence-corrected chi connectivity index (χ1v) is 10.4. The molecule has 4 aliphatic rings. The molecule has 4 rings (SSSR count). The molecule has 9 atom stereocenters. The molecule has 0 bridgehead atoms. The lowest BCUT2D eigenvalue weighted by Gasteiger charge is -2.45. The lowest BCUT2D eigenvalue weighted by Crippen LogP contribution is -2.60. The van der Waals surface area contributed by atoms with E-state index in [0.29, 0.717) is 5.57 Å². The topological polar surface area (TPSA) is 129 Å². The first-order valence-electron chi connectivity index (χ1n) is 9.33. The molecule has 1 amide bonds. The van der Waals surface area contributed by atoms with Crippen molar-refractivity contribution in [2.75, 3.05) is 18.9 Å². The third-order valence-electron chi connectivity index (χ3n) is 5.85. The van der Waals surface area contributed by atoms with E-state index in [9.17, 15) is 25.2 Å². The number of hydrogen-bond acceptors (Lipinski definition) is 9. The monoisotopic (exact) mass is 415 g/mol. The minimum Gasteiger partial charge on any atom is -0.471 e. The Kier molecular flexibility index (Phi) is 5.71. The number of carbonyl (C=O) groups is 1. The standard InChI is InChI=1S/C18H25NO8S/c1-2-8-9-5-12-19(3-4-28-12)16(24)10(9)7-25-17(8)27-18-15(23)14(22)13(21)11(6-20)26-18/h2,7-9,11-15,17-18,20-23H,1,3-6H2/t8-,9+,11-,12+,13-,14+,15-,17+,18+/m1/s1. The second kappa shape index (κ2) is 7.94. The predicted octanol–water partition coefficient (Wildman–Crippen LogP) is -1.23. The zero-order valence-electron chi connectivity index (χ0n) is 15.2. The SMILES string of the molecule is C=C[C@H]1[C@H](O[C@@H]2O[C@H](CO)[C@@H](O)[C@H](O)[C@H]2O)OC=C2C(=O)N3CCS[C@H]3C[C@H]21. The van der Waals surface area contributed by atoms with Gasteiger partial charge in [-0.25, -0.2) is 0 Å². The smallest absolute Gasteiger partial charge is 0.254 e. The highest BCUT2D eigenvalue weighted by Crippen LogP contribution is 2.45. The predicted molar refractivity (Wildman–Crippen MR) is 97.6 cm³/mol. The first kappa shape index (κ1) is 20.1. The summed E-state index contributed by atoms with van der Waals surface area (Å²) in [7, 11) is 0. The zero-order valence-corrected chi connectivity index (χ0v) is 16.0. The molecule has 4 aliphatic heterocycles. The van der Waals surface area contributed by atoms with Gasteiger partial charge in [0.25, 0.3) is 5.91 Å². The van der Waals surface area contributed by atoms with Gasteiger partial charge in [0.2, 0.25) is 6.29 Å². The maximum atomic E-state index is 12.7. The second-order valence-corrected chi connectivity index (χ2v) is 8.68. The molecule has 156 valence electrons. The molecule has 4 heterocycles. The van der Waals surface area contributed by atoms with Gasteiger partial charge < -0.3 is 39.5 Å². The molecule has 9 nitrogen and oxygen atoms in total. The van der Waals surface area contributed by atoms with Crippen LogP contribution in [0.5, 0.6) is 0 Å². The molecule has 0 aromatic rings. The molecule has 4 N–H and O–H groups in total. The Bertz CT molecular complexity index is 657. The minimum atomic E-state index is -1.53. The van der Waals surface area contributed by atoms with E-state index in [0.717, 1.165) is 18.7 Å². The number of carbonyl (C=O) groups excluding carboxylic acids is 1. The van der Waals surface area contributed by atoms with Gasteiger partial charge in [-0.1, -0.05) is 6.08 Å². The summed E-state index contributed by atoms with van der Waals surface area (Å²) in [5.41, 5.74) is 0.581. The van der Waals surface area contributed by atoms with Gasteiger partial charge >= 0.3 is 0 Å². The fraction of sp³-hybridized carbons (Fsp3) is 0.722. The van der Waals surface area contributed by atoms with Crippen LogP contribution in [-0.2, 0) is 19.0 Å². The Morgan fingerprint density at radius 1 is 1.29 bits per heavy atom. The molecule has 28 heavy (non-hydrogen) atoms. The number of piperidine rings is 1. The maximum absolute atomic E-state index is 12.7. The number of aliphatic hydroxyl groups excluding tert-OH is 4. The third kappa shape index (κ3) is 3.26. The van der Waals surface area contributed by atoms with Gasteiger partial charge in [-0.3, -0.25) is 4.79 Å². The molecule has 0 aliphatic carbocycles. The summed E-state index contributed by atoms with van der Waals surface area (Å²) in [6.07, 6.45) is -3.98. The van der Waals surface area contributed by atoms with Crippen molar-refractivity contribution in [1.82, 2.24) is 4.90 Å². The zero-order chi connectivity index (χ0) is 20.0. The summed E-state index contributed by atoms with van der Waals surface area (Å²) in [5.74, 6) is 0.366. The van der Waals surface area contributed by atoms with Gasteiger partial charge in [0, 0.05) is 24.1 Å². The fourth-order valence-corrected chi connectivity index (χ4v) is 5.55. The number of nitrogens with zero attached hydrogens (tertiary/aromatic N) is 1. The van der Waals surface area contributed by atoms with Gasteiger partial charge in [-0.15, -0.1) is 18.3 Å². The van der Waals surface area contributed by atoms with E-state index in [2.05, 4.69) is 6.58 Å². The Morgan fingerprint density at radius 2 is 2.07 bits per heavy atom. The van der Waals surface area contributed by atoms with Crippen molar-refractivity contribution in [2.24, 2.45) is 11.8 Å². The quantitative estimate of drug-likeness (QED) is 0.417. The number of thioether (sulfide) groups is 1. The Hall–Kier alpha value is -1.14. The molecule has 0 spiro atoms. The lowest BCUT2D eigenvalue weighted by atomic mass is 9.79. The molecular formula is C18H25NO8S. The summed E-state index contributed by atoms with van der Waals surface area (Å²) in [5, 5.41) is 39.5. The van der Waals surface area contributed by atoms with E-state index in [4.69, 9.17) is 14.2 Å². The van der Waals surface area contributed by atoms with Gasteiger partial charge in [0.05, 0.1) is 23.8 Å². The molecule has 10 heteroatoms. The summed E-state index contributed by atoms with van der Waals surface area (Å²) in [6.45, 7) is 4.03. The van der Waals surface area contributed by atoms with Crippen LogP contribution in [-0.4, -0.2) is 92.5 Å². The lowest BCUT2D eigenvalue weighted by molar-refractivity contribution is -0.339. The van der Waals surface area contributed by atoms with Crippen LogP contribution >= 0.6 is 11.8 Å². The number of aliphatic hydroxyl groups is 4. The summed E-state index contributed by atoms with van der Waals surface area (Å²) < 4.78 is 16.8. The van der Waals surface area contributed by atoms with Crippen LogP contribution in [0, 0.1) is 11.8 Å². The van der Waals surface area contributed by atoms with Crippen molar-refractivity contribution in [3.05, 3.63) is 24.5 Å². The van der Waals surface area contributed by atoms with E-state index in [1.165, 1.54) is 6.26 Å². The van der Waals surface area contributed by atoms with E-state index >= 15 is 0 Å². The molecule has 0 aromatic carbocycles. The van der Waals surface area contributed by atoms with Crippen molar-refractivity contribution < 1.29 is 39.4 Å². The van der Waals surface area contributed by atoms with Crippen LogP contribution in [0.2, 0.25) is 0 Å². The van der Waals surface area contributed by atoms with E-state index in [1.807, 2.05) is 4.90 Å². The van der Waals surface area contributed by atoms with Crippen LogP contribution in [0.3, 0.4) is 0 Å². The second-order valence-electron chi connectivity index (χ2n) is 7.39. The van der Waals surface area contributed by atoms with Crippen molar-refractivity contribution in [2.45, 2.75) is 48.8 Å². The van der Waals surface area contributed by atoms with E-state index < -0.39 is 43.6 Å². The first-order chi connectivity index (χ1) is 13.5. The molecule has 3 fully saturated rings. The molecular weight excluding hydrogens is 390 g/mol. The average Bonchev–Trinajstić information content (AvgIpc) is 3.17. The number of fused-ring (bicyclic) bond motifs is 2.